The maximum absolute atomic E-state index is 13.7. The summed E-state index contributed by atoms with van der Waals surface area (Å²) in [5, 5.41) is 15.4. The van der Waals surface area contributed by atoms with Gasteiger partial charge >= 0.3 is 0 Å². The molecule has 0 radical (unpaired) electrons. The van der Waals surface area contributed by atoms with E-state index in [1.54, 1.807) is 11.3 Å². The van der Waals surface area contributed by atoms with Crippen molar-refractivity contribution in [2.75, 3.05) is 6.54 Å². The third kappa shape index (κ3) is 3.42. The van der Waals surface area contributed by atoms with Crippen LogP contribution in [0.3, 0.4) is 0 Å². The minimum absolute atomic E-state index is 0.0919. The monoisotopic (exact) mass is 297 g/mol. The Bertz CT molecular complexity index is 595. The van der Waals surface area contributed by atoms with E-state index in [-0.39, 0.29) is 12.1 Å². The van der Waals surface area contributed by atoms with Crippen LogP contribution in [0.2, 0.25) is 0 Å². The summed E-state index contributed by atoms with van der Waals surface area (Å²) in [5.41, 5.74) is -0.104. The predicted molar refractivity (Wildman–Crippen MR) is 76.7 cm³/mol. The van der Waals surface area contributed by atoms with Crippen LogP contribution in [0.1, 0.15) is 22.9 Å². The summed E-state index contributed by atoms with van der Waals surface area (Å²) in [4.78, 5) is 1.18. The predicted octanol–water partition coefficient (Wildman–Crippen LogP) is 3.33. The Kier molecular flexibility index (Phi) is 4.52. The van der Waals surface area contributed by atoms with Crippen LogP contribution in [0, 0.1) is 18.6 Å². The number of halogens is 2. The van der Waals surface area contributed by atoms with Gasteiger partial charge in [0.2, 0.25) is 0 Å². The molecule has 0 spiro atoms. The fourth-order valence-corrected chi connectivity index (χ4v) is 2.90. The van der Waals surface area contributed by atoms with Crippen molar-refractivity contribution in [1.29, 1.82) is 0 Å². The van der Waals surface area contributed by atoms with Crippen LogP contribution in [0.4, 0.5) is 8.78 Å². The summed E-state index contributed by atoms with van der Waals surface area (Å²) >= 11 is 1.63. The molecule has 1 unspecified atom stereocenters. The van der Waals surface area contributed by atoms with Gasteiger partial charge in [-0.3, -0.25) is 0 Å². The van der Waals surface area contributed by atoms with Crippen molar-refractivity contribution in [3.05, 3.63) is 57.3 Å². The van der Waals surface area contributed by atoms with Crippen LogP contribution in [0.25, 0.3) is 0 Å². The van der Waals surface area contributed by atoms with Gasteiger partial charge in [0.25, 0.3) is 0 Å². The number of rotatable bonds is 5. The Balaban J connectivity index is 2.02. The fraction of sp³-hybridized carbons (Fsp3) is 0.333. The molecule has 0 bridgehead atoms. The molecule has 0 aliphatic carbocycles. The number of thiophene rings is 1. The first kappa shape index (κ1) is 15.1. The van der Waals surface area contributed by atoms with Gasteiger partial charge in [-0.15, -0.1) is 11.3 Å². The molecule has 0 saturated heterocycles. The molecule has 2 aromatic rings. The lowest BCUT2D eigenvalue weighted by molar-refractivity contribution is 0.0529. The van der Waals surface area contributed by atoms with Crippen LogP contribution < -0.4 is 5.32 Å². The van der Waals surface area contributed by atoms with Crippen LogP contribution >= 0.6 is 11.3 Å². The SMILES string of the molecule is Cc1ccsc1CNCC(C)(O)c1ccc(F)cc1F. The van der Waals surface area contributed by atoms with E-state index in [1.165, 1.54) is 23.4 Å². The van der Waals surface area contributed by atoms with E-state index < -0.39 is 17.2 Å². The molecule has 0 fully saturated rings. The molecular formula is C15H17F2NOS. The first-order chi connectivity index (χ1) is 9.40. The van der Waals surface area contributed by atoms with Crippen molar-refractivity contribution in [2.24, 2.45) is 0 Å². The molecule has 0 amide bonds. The van der Waals surface area contributed by atoms with E-state index >= 15 is 0 Å². The van der Waals surface area contributed by atoms with Crippen LogP contribution in [0.15, 0.2) is 29.6 Å². The second kappa shape index (κ2) is 5.99. The molecule has 5 heteroatoms. The van der Waals surface area contributed by atoms with Gasteiger partial charge in [0.15, 0.2) is 0 Å². The summed E-state index contributed by atoms with van der Waals surface area (Å²) in [6.45, 7) is 4.33. The lowest BCUT2D eigenvalue weighted by atomic mass is 9.95. The summed E-state index contributed by atoms with van der Waals surface area (Å²) < 4.78 is 26.6. The normalized spacial score (nSPS) is 14.2. The van der Waals surface area contributed by atoms with Gasteiger partial charge in [-0.05, 0) is 36.9 Å². The molecule has 0 saturated carbocycles. The number of aliphatic hydroxyl groups is 1. The first-order valence-corrected chi connectivity index (χ1v) is 7.20. The van der Waals surface area contributed by atoms with E-state index in [2.05, 4.69) is 5.32 Å². The first-order valence-electron chi connectivity index (χ1n) is 6.32. The molecule has 2 N–H and O–H groups in total. The van der Waals surface area contributed by atoms with E-state index in [0.29, 0.717) is 6.54 Å². The molecule has 1 heterocycles. The Morgan fingerprint density at radius 3 is 2.65 bits per heavy atom. The van der Waals surface area contributed by atoms with Gasteiger partial charge in [0.1, 0.15) is 17.2 Å². The number of benzene rings is 1. The smallest absolute Gasteiger partial charge is 0.132 e. The highest BCUT2D eigenvalue weighted by Crippen LogP contribution is 2.24. The van der Waals surface area contributed by atoms with E-state index in [0.717, 1.165) is 12.1 Å². The standard InChI is InChI=1S/C15H17F2NOS/c1-10-5-6-20-14(10)8-18-9-15(2,19)12-4-3-11(16)7-13(12)17/h3-7,18-19H,8-9H2,1-2H3. The quantitative estimate of drug-likeness (QED) is 0.887. The highest BCUT2D eigenvalue weighted by molar-refractivity contribution is 7.10. The fourth-order valence-electron chi connectivity index (χ4n) is 2.03. The Hall–Kier alpha value is -1.30. The molecule has 0 aliphatic rings. The maximum atomic E-state index is 13.7. The molecular weight excluding hydrogens is 280 g/mol. The molecule has 2 rings (SSSR count). The van der Waals surface area contributed by atoms with E-state index in [1.807, 2.05) is 18.4 Å². The summed E-state index contributed by atoms with van der Waals surface area (Å²) in [6.07, 6.45) is 0. The molecule has 1 aromatic carbocycles. The van der Waals surface area contributed by atoms with Gasteiger partial charge in [-0.1, -0.05) is 6.07 Å². The summed E-state index contributed by atoms with van der Waals surface area (Å²) in [5.74, 6) is -1.38. The van der Waals surface area contributed by atoms with Crippen molar-refractivity contribution in [3.8, 4) is 0 Å². The Labute approximate surface area is 121 Å². The van der Waals surface area contributed by atoms with Crippen molar-refractivity contribution in [1.82, 2.24) is 5.32 Å². The van der Waals surface area contributed by atoms with Gasteiger partial charge < -0.3 is 10.4 Å². The molecule has 1 aromatic heterocycles. The highest BCUT2D eigenvalue weighted by Gasteiger charge is 2.26. The number of nitrogens with one attached hydrogen (secondary N) is 1. The maximum Gasteiger partial charge on any atom is 0.132 e. The Morgan fingerprint density at radius 1 is 1.30 bits per heavy atom. The van der Waals surface area contributed by atoms with Crippen LogP contribution in [0.5, 0.6) is 0 Å². The highest BCUT2D eigenvalue weighted by atomic mass is 32.1. The lowest BCUT2D eigenvalue weighted by Crippen LogP contribution is -2.36. The van der Waals surface area contributed by atoms with Crippen molar-refractivity contribution in [3.63, 3.8) is 0 Å². The Morgan fingerprint density at radius 2 is 2.05 bits per heavy atom. The second-order valence-corrected chi connectivity index (χ2v) is 6.03. The molecule has 0 aliphatic heterocycles. The minimum atomic E-state index is -1.39. The van der Waals surface area contributed by atoms with Crippen LogP contribution in [-0.2, 0) is 12.1 Å². The molecule has 20 heavy (non-hydrogen) atoms. The summed E-state index contributed by atoms with van der Waals surface area (Å²) in [6, 6.07) is 5.24. The number of hydrogen-bond acceptors (Lipinski definition) is 3. The zero-order valence-electron chi connectivity index (χ0n) is 11.4. The zero-order chi connectivity index (χ0) is 14.8. The van der Waals surface area contributed by atoms with E-state index in [4.69, 9.17) is 0 Å². The molecule has 108 valence electrons. The van der Waals surface area contributed by atoms with Gasteiger partial charge in [-0.25, -0.2) is 8.78 Å². The van der Waals surface area contributed by atoms with Crippen molar-refractivity contribution >= 4 is 11.3 Å². The average molecular weight is 297 g/mol. The van der Waals surface area contributed by atoms with Crippen molar-refractivity contribution in [2.45, 2.75) is 26.0 Å². The largest absolute Gasteiger partial charge is 0.384 e. The van der Waals surface area contributed by atoms with Crippen molar-refractivity contribution < 1.29 is 13.9 Å². The van der Waals surface area contributed by atoms with Gasteiger partial charge in [0, 0.05) is 29.6 Å². The number of aryl methyl sites for hydroxylation is 1. The summed E-state index contributed by atoms with van der Waals surface area (Å²) in [7, 11) is 0. The zero-order valence-corrected chi connectivity index (χ0v) is 12.2. The average Bonchev–Trinajstić information content (AvgIpc) is 2.74. The lowest BCUT2D eigenvalue weighted by Gasteiger charge is -2.24. The minimum Gasteiger partial charge on any atom is -0.384 e. The molecule has 2 nitrogen and oxygen atoms in total. The van der Waals surface area contributed by atoms with Gasteiger partial charge in [-0.2, -0.15) is 0 Å². The van der Waals surface area contributed by atoms with E-state index in [9.17, 15) is 13.9 Å². The van der Waals surface area contributed by atoms with Gasteiger partial charge in [0.05, 0.1) is 0 Å². The third-order valence-electron chi connectivity index (χ3n) is 3.23. The number of hydrogen-bond donors (Lipinski definition) is 2. The topological polar surface area (TPSA) is 32.3 Å². The second-order valence-electron chi connectivity index (χ2n) is 5.03. The van der Waals surface area contributed by atoms with Crippen LogP contribution in [-0.4, -0.2) is 11.7 Å². The molecule has 1 atom stereocenters. The third-order valence-corrected chi connectivity index (χ3v) is 4.26.